The van der Waals surface area contributed by atoms with Crippen molar-refractivity contribution in [3.8, 4) is 5.75 Å². The molecule has 20 heavy (non-hydrogen) atoms. The van der Waals surface area contributed by atoms with Gasteiger partial charge >= 0.3 is 0 Å². The highest BCUT2D eigenvalue weighted by Crippen LogP contribution is 2.25. The second-order valence-corrected chi connectivity index (χ2v) is 5.50. The number of carbonyl (C=O) groups excluding carboxylic acids is 1. The molecule has 5 heteroatoms. The van der Waals surface area contributed by atoms with Gasteiger partial charge in [0.1, 0.15) is 0 Å². The van der Waals surface area contributed by atoms with Crippen molar-refractivity contribution in [2.24, 2.45) is 5.73 Å². The fourth-order valence-corrected chi connectivity index (χ4v) is 2.11. The molecule has 1 aliphatic carbocycles. The smallest absolute Gasteiger partial charge is 0.237 e. The first-order chi connectivity index (χ1) is 9.51. The van der Waals surface area contributed by atoms with Crippen LogP contribution in [0.1, 0.15) is 32.6 Å². The van der Waals surface area contributed by atoms with Crippen LogP contribution in [0.5, 0.6) is 5.75 Å². The number of rotatable bonds is 8. The molecular formula is C15H21FN2O2. The van der Waals surface area contributed by atoms with Crippen LogP contribution in [0.25, 0.3) is 0 Å². The molecule has 2 rings (SSSR count). The van der Waals surface area contributed by atoms with Gasteiger partial charge in [0.25, 0.3) is 0 Å². The summed E-state index contributed by atoms with van der Waals surface area (Å²) >= 11 is 0. The SMILES string of the molecule is CC(CCCOc1ccccc1F)(NC1CC1)C(N)=O. The van der Waals surface area contributed by atoms with Crippen LogP contribution in [-0.2, 0) is 4.79 Å². The quantitative estimate of drug-likeness (QED) is 0.716. The van der Waals surface area contributed by atoms with Gasteiger partial charge in [-0.05, 0) is 44.7 Å². The lowest BCUT2D eigenvalue weighted by Crippen LogP contribution is -2.54. The monoisotopic (exact) mass is 280 g/mol. The maximum atomic E-state index is 13.3. The van der Waals surface area contributed by atoms with Crippen molar-refractivity contribution in [3.05, 3.63) is 30.1 Å². The molecule has 0 radical (unpaired) electrons. The van der Waals surface area contributed by atoms with Crippen LogP contribution < -0.4 is 15.8 Å². The number of primary amides is 1. The van der Waals surface area contributed by atoms with Crippen LogP contribution in [0.3, 0.4) is 0 Å². The van der Waals surface area contributed by atoms with Crippen molar-refractivity contribution in [1.29, 1.82) is 0 Å². The van der Waals surface area contributed by atoms with Crippen molar-refractivity contribution in [1.82, 2.24) is 5.32 Å². The van der Waals surface area contributed by atoms with E-state index >= 15 is 0 Å². The molecule has 0 bridgehead atoms. The maximum absolute atomic E-state index is 13.3. The largest absolute Gasteiger partial charge is 0.491 e. The second-order valence-electron chi connectivity index (χ2n) is 5.50. The normalized spacial score (nSPS) is 17.5. The van der Waals surface area contributed by atoms with Crippen molar-refractivity contribution in [3.63, 3.8) is 0 Å². The molecule has 1 aromatic carbocycles. The number of benzene rings is 1. The van der Waals surface area contributed by atoms with E-state index in [0.29, 0.717) is 25.5 Å². The minimum absolute atomic E-state index is 0.239. The number of amides is 1. The summed E-state index contributed by atoms with van der Waals surface area (Å²) in [5, 5.41) is 3.27. The minimum Gasteiger partial charge on any atom is -0.491 e. The molecule has 0 spiro atoms. The molecule has 4 nitrogen and oxygen atoms in total. The van der Waals surface area contributed by atoms with Gasteiger partial charge in [0, 0.05) is 6.04 Å². The molecule has 0 saturated heterocycles. The molecule has 0 heterocycles. The highest BCUT2D eigenvalue weighted by atomic mass is 19.1. The summed E-state index contributed by atoms with van der Waals surface area (Å²) in [5.41, 5.74) is 4.75. The Labute approximate surface area is 118 Å². The number of hydrogen-bond donors (Lipinski definition) is 2. The number of hydrogen-bond acceptors (Lipinski definition) is 3. The first-order valence-electron chi connectivity index (χ1n) is 6.96. The Morgan fingerprint density at radius 1 is 1.50 bits per heavy atom. The number of para-hydroxylation sites is 1. The summed E-state index contributed by atoms with van der Waals surface area (Å²) in [6, 6.07) is 6.69. The first kappa shape index (κ1) is 14.8. The van der Waals surface area contributed by atoms with Gasteiger partial charge in [-0.3, -0.25) is 4.79 Å². The predicted octanol–water partition coefficient (Wildman–Crippen LogP) is 1.98. The Morgan fingerprint density at radius 3 is 2.80 bits per heavy atom. The zero-order valence-corrected chi connectivity index (χ0v) is 11.7. The summed E-state index contributed by atoms with van der Waals surface area (Å²) in [6.45, 7) is 2.17. The third kappa shape index (κ3) is 3.93. The van der Waals surface area contributed by atoms with Crippen LogP contribution in [0.4, 0.5) is 4.39 Å². The van der Waals surface area contributed by atoms with Crippen molar-refractivity contribution < 1.29 is 13.9 Å². The standard InChI is InChI=1S/C15H21FN2O2/c1-15(14(17)19,18-11-7-8-11)9-4-10-20-13-6-3-2-5-12(13)16/h2-3,5-6,11,18H,4,7-10H2,1H3,(H2,17,19). The molecule has 1 unspecified atom stereocenters. The van der Waals surface area contributed by atoms with E-state index in [2.05, 4.69) is 5.32 Å². The lowest BCUT2D eigenvalue weighted by molar-refractivity contribution is -0.124. The Hall–Kier alpha value is -1.62. The van der Waals surface area contributed by atoms with Crippen molar-refractivity contribution >= 4 is 5.91 Å². The van der Waals surface area contributed by atoms with E-state index in [-0.39, 0.29) is 17.5 Å². The van der Waals surface area contributed by atoms with Crippen LogP contribution in [0, 0.1) is 5.82 Å². The molecule has 3 N–H and O–H groups in total. The first-order valence-corrected chi connectivity index (χ1v) is 6.96. The fourth-order valence-electron chi connectivity index (χ4n) is 2.11. The number of ether oxygens (including phenoxy) is 1. The molecule has 1 aliphatic rings. The van der Waals surface area contributed by atoms with Gasteiger partial charge in [0.2, 0.25) is 5.91 Å². The fraction of sp³-hybridized carbons (Fsp3) is 0.533. The number of nitrogens with one attached hydrogen (secondary N) is 1. The third-order valence-electron chi connectivity index (χ3n) is 3.56. The van der Waals surface area contributed by atoms with Crippen LogP contribution in [0.2, 0.25) is 0 Å². The Kier molecular flexibility index (Phi) is 4.60. The third-order valence-corrected chi connectivity index (χ3v) is 3.56. The van der Waals surface area contributed by atoms with Gasteiger partial charge in [-0.15, -0.1) is 0 Å². The second kappa shape index (κ2) is 6.22. The van der Waals surface area contributed by atoms with Gasteiger partial charge in [-0.2, -0.15) is 0 Å². The van der Waals surface area contributed by atoms with E-state index in [0.717, 1.165) is 12.8 Å². The molecule has 1 fully saturated rings. The van der Waals surface area contributed by atoms with Gasteiger partial charge in [0.05, 0.1) is 12.1 Å². The average molecular weight is 280 g/mol. The molecule has 0 aliphatic heterocycles. The lowest BCUT2D eigenvalue weighted by Gasteiger charge is -2.27. The van der Waals surface area contributed by atoms with Crippen molar-refractivity contribution in [2.45, 2.75) is 44.2 Å². The van der Waals surface area contributed by atoms with Crippen LogP contribution in [-0.4, -0.2) is 24.1 Å². The van der Waals surface area contributed by atoms with Gasteiger partial charge in [-0.25, -0.2) is 4.39 Å². The molecule has 1 atom stereocenters. The van der Waals surface area contributed by atoms with E-state index in [4.69, 9.17) is 10.5 Å². The highest BCUT2D eigenvalue weighted by molar-refractivity contribution is 5.84. The zero-order chi connectivity index (χ0) is 14.6. The molecule has 1 aromatic rings. The molecule has 1 saturated carbocycles. The summed E-state index contributed by atoms with van der Waals surface area (Å²) < 4.78 is 18.7. The van der Waals surface area contributed by atoms with Crippen LogP contribution >= 0.6 is 0 Å². The molecule has 1 amide bonds. The van der Waals surface area contributed by atoms with Gasteiger partial charge in [0.15, 0.2) is 11.6 Å². The average Bonchev–Trinajstić information content (AvgIpc) is 3.20. The molecule has 0 aromatic heterocycles. The Bertz CT molecular complexity index is 477. The maximum Gasteiger partial charge on any atom is 0.237 e. The summed E-state index contributed by atoms with van der Waals surface area (Å²) in [6.07, 6.45) is 3.39. The summed E-state index contributed by atoms with van der Waals surface area (Å²) in [5.74, 6) is -0.486. The summed E-state index contributed by atoms with van der Waals surface area (Å²) in [4.78, 5) is 11.6. The van der Waals surface area contributed by atoms with E-state index < -0.39 is 5.54 Å². The highest BCUT2D eigenvalue weighted by Gasteiger charge is 2.36. The molecule has 110 valence electrons. The van der Waals surface area contributed by atoms with Gasteiger partial charge < -0.3 is 15.8 Å². The van der Waals surface area contributed by atoms with Crippen molar-refractivity contribution in [2.75, 3.05) is 6.61 Å². The number of nitrogens with two attached hydrogens (primary N) is 1. The van der Waals surface area contributed by atoms with Gasteiger partial charge in [-0.1, -0.05) is 12.1 Å². The van der Waals surface area contributed by atoms with E-state index in [9.17, 15) is 9.18 Å². The van der Waals surface area contributed by atoms with E-state index in [1.807, 2.05) is 6.92 Å². The van der Waals surface area contributed by atoms with Crippen LogP contribution in [0.15, 0.2) is 24.3 Å². The Balaban J connectivity index is 1.78. The minimum atomic E-state index is -0.709. The predicted molar refractivity (Wildman–Crippen MR) is 74.9 cm³/mol. The summed E-state index contributed by atoms with van der Waals surface area (Å²) in [7, 11) is 0. The Morgan fingerprint density at radius 2 is 2.20 bits per heavy atom. The lowest BCUT2D eigenvalue weighted by atomic mass is 9.95. The number of carbonyl (C=O) groups is 1. The topological polar surface area (TPSA) is 64.3 Å². The zero-order valence-electron chi connectivity index (χ0n) is 11.7. The number of halogens is 1. The molecular weight excluding hydrogens is 259 g/mol. The van der Waals surface area contributed by atoms with E-state index in [1.165, 1.54) is 6.07 Å². The van der Waals surface area contributed by atoms with E-state index in [1.54, 1.807) is 18.2 Å².